The van der Waals surface area contributed by atoms with Crippen molar-refractivity contribution in [1.29, 1.82) is 0 Å². The molecule has 0 N–H and O–H groups in total. The fourth-order valence-corrected chi connectivity index (χ4v) is 5.71. The molecule has 5 rings (SSSR count). The molecule has 0 saturated carbocycles. The topological polar surface area (TPSA) is 72.9 Å². The van der Waals surface area contributed by atoms with Crippen molar-refractivity contribution < 1.29 is 23.9 Å². The molecule has 196 valence electrons. The molecule has 0 atom stereocenters. The molecule has 39 heavy (non-hydrogen) atoms. The molecule has 1 aliphatic rings. The Morgan fingerprint density at radius 1 is 1.00 bits per heavy atom. The number of rotatable bonds is 7. The van der Waals surface area contributed by atoms with Gasteiger partial charge in [0.05, 0.1) is 28.1 Å². The number of carbonyl (C=O) groups is 3. The van der Waals surface area contributed by atoms with Gasteiger partial charge in [0, 0.05) is 0 Å². The Bertz CT molecular complexity index is 1640. The predicted molar refractivity (Wildman–Crippen MR) is 157 cm³/mol. The summed E-state index contributed by atoms with van der Waals surface area (Å²) in [4.78, 5) is 40.5. The molecule has 0 aromatic heterocycles. The summed E-state index contributed by atoms with van der Waals surface area (Å²) in [5.74, 6) is -0.294. The molecule has 0 unspecified atom stereocenters. The van der Waals surface area contributed by atoms with Crippen LogP contribution in [0.5, 0.6) is 11.5 Å². The molecule has 0 radical (unpaired) electrons. The van der Waals surface area contributed by atoms with Crippen LogP contribution < -0.4 is 9.47 Å². The number of nitrogens with zero attached hydrogens (tertiary/aromatic N) is 1. The maximum absolute atomic E-state index is 13.2. The van der Waals surface area contributed by atoms with Crippen LogP contribution in [0.25, 0.3) is 16.8 Å². The van der Waals surface area contributed by atoms with Gasteiger partial charge in [-0.15, -0.1) is 0 Å². The number of hydrogen-bond donors (Lipinski definition) is 0. The first-order valence-corrected chi connectivity index (χ1v) is 13.9. The van der Waals surface area contributed by atoms with Crippen LogP contribution in [-0.4, -0.2) is 28.6 Å². The van der Waals surface area contributed by atoms with Gasteiger partial charge < -0.3 is 9.47 Å². The fraction of sp³-hybridized carbons (Fsp3) is 0.129. The molecule has 1 fully saturated rings. The highest BCUT2D eigenvalue weighted by Crippen LogP contribution is 2.40. The van der Waals surface area contributed by atoms with Crippen LogP contribution in [0.15, 0.2) is 88.2 Å². The molecule has 8 heteroatoms. The number of fused-ring (bicyclic) bond motifs is 1. The van der Waals surface area contributed by atoms with Crippen molar-refractivity contribution in [2.24, 2.45) is 0 Å². The van der Waals surface area contributed by atoms with Crippen LogP contribution in [0.3, 0.4) is 0 Å². The van der Waals surface area contributed by atoms with E-state index in [1.165, 1.54) is 4.90 Å². The zero-order chi connectivity index (χ0) is 27.5. The van der Waals surface area contributed by atoms with E-state index in [4.69, 9.17) is 9.47 Å². The first kappa shape index (κ1) is 26.7. The van der Waals surface area contributed by atoms with Crippen LogP contribution in [0, 0.1) is 6.92 Å². The molecule has 6 nitrogen and oxygen atoms in total. The molecule has 2 amide bonds. The Labute approximate surface area is 238 Å². The average Bonchev–Trinajstić information content (AvgIpc) is 3.18. The summed E-state index contributed by atoms with van der Waals surface area (Å²) in [5, 5.41) is 1.40. The normalized spacial score (nSPS) is 14.3. The van der Waals surface area contributed by atoms with E-state index < -0.39 is 5.97 Å². The first-order valence-electron chi connectivity index (χ1n) is 12.3. The summed E-state index contributed by atoms with van der Waals surface area (Å²) < 4.78 is 12.1. The van der Waals surface area contributed by atoms with E-state index >= 15 is 0 Å². The van der Waals surface area contributed by atoms with Crippen molar-refractivity contribution >= 4 is 61.7 Å². The second kappa shape index (κ2) is 11.5. The highest BCUT2D eigenvalue weighted by molar-refractivity contribution is 9.10. The number of benzene rings is 4. The lowest BCUT2D eigenvalue weighted by molar-refractivity contribution is -0.123. The van der Waals surface area contributed by atoms with Crippen LogP contribution >= 0.6 is 27.7 Å². The predicted octanol–water partition coefficient (Wildman–Crippen LogP) is 7.77. The van der Waals surface area contributed by atoms with E-state index in [2.05, 4.69) is 15.9 Å². The van der Waals surface area contributed by atoms with Gasteiger partial charge in [0.1, 0.15) is 0 Å². The monoisotopic (exact) mass is 601 g/mol. The number of imide groups is 1. The van der Waals surface area contributed by atoms with Crippen molar-refractivity contribution in [1.82, 2.24) is 4.90 Å². The van der Waals surface area contributed by atoms with E-state index in [9.17, 15) is 14.4 Å². The van der Waals surface area contributed by atoms with Crippen molar-refractivity contribution in [3.8, 4) is 11.5 Å². The summed E-state index contributed by atoms with van der Waals surface area (Å²) in [5.41, 5.74) is 2.99. The van der Waals surface area contributed by atoms with E-state index in [0.717, 1.165) is 33.7 Å². The average molecular weight is 603 g/mol. The number of ether oxygens (including phenoxy) is 2. The van der Waals surface area contributed by atoms with Gasteiger partial charge in [-0.3, -0.25) is 14.5 Å². The largest absolute Gasteiger partial charge is 0.490 e. The molecule has 1 saturated heterocycles. The van der Waals surface area contributed by atoms with E-state index in [-0.39, 0.29) is 23.4 Å². The van der Waals surface area contributed by atoms with Gasteiger partial charge in [-0.2, -0.15) is 0 Å². The number of carbonyl (C=O) groups excluding carboxylic acids is 3. The lowest BCUT2D eigenvalue weighted by Crippen LogP contribution is -2.27. The van der Waals surface area contributed by atoms with Crippen molar-refractivity contribution in [2.75, 3.05) is 6.61 Å². The van der Waals surface area contributed by atoms with E-state index in [1.54, 1.807) is 24.3 Å². The Kier molecular flexibility index (Phi) is 7.86. The minimum atomic E-state index is -0.515. The quantitative estimate of drug-likeness (QED) is 0.122. The lowest BCUT2D eigenvalue weighted by atomic mass is 10.0. The van der Waals surface area contributed by atoms with E-state index in [1.807, 2.05) is 74.5 Å². The number of esters is 1. The lowest BCUT2D eigenvalue weighted by Gasteiger charge is -2.15. The summed E-state index contributed by atoms with van der Waals surface area (Å²) in [6, 6.07) is 24.1. The summed E-state index contributed by atoms with van der Waals surface area (Å²) in [7, 11) is 0. The molecule has 4 aromatic rings. The standard InChI is InChI=1S/C31H24BrNO5S/c1-3-37-26-16-20(17-27-29(34)33(31(36)39-27)18-22-11-5-4-9-19(22)2)15-25(32)28(26)38-30(35)24-14-8-12-21-10-6-7-13-23(21)24/h4-17H,3,18H2,1-2H3/b27-17-. The van der Waals surface area contributed by atoms with Crippen LogP contribution in [0.1, 0.15) is 34.0 Å². The van der Waals surface area contributed by atoms with Gasteiger partial charge in [0.25, 0.3) is 11.1 Å². The van der Waals surface area contributed by atoms with Crippen molar-refractivity contribution in [2.45, 2.75) is 20.4 Å². The summed E-state index contributed by atoms with van der Waals surface area (Å²) >= 11 is 4.40. The third-order valence-electron chi connectivity index (χ3n) is 6.30. The molecule has 0 bridgehead atoms. The van der Waals surface area contributed by atoms with E-state index in [0.29, 0.717) is 32.9 Å². The van der Waals surface area contributed by atoms with Crippen molar-refractivity contribution in [3.63, 3.8) is 0 Å². The summed E-state index contributed by atoms with van der Waals surface area (Å²) in [6.07, 6.45) is 1.65. The number of hydrogen-bond acceptors (Lipinski definition) is 6. The van der Waals surface area contributed by atoms with Gasteiger partial charge in [0.15, 0.2) is 11.5 Å². The van der Waals surface area contributed by atoms with Gasteiger partial charge >= 0.3 is 5.97 Å². The van der Waals surface area contributed by atoms with Crippen LogP contribution in [-0.2, 0) is 11.3 Å². The zero-order valence-corrected chi connectivity index (χ0v) is 23.7. The maximum Gasteiger partial charge on any atom is 0.344 e. The Morgan fingerprint density at radius 2 is 1.74 bits per heavy atom. The Balaban J connectivity index is 1.42. The molecule has 1 aliphatic heterocycles. The SMILES string of the molecule is CCOc1cc(/C=C2\SC(=O)N(Cc3ccccc3C)C2=O)cc(Br)c1OC(=O)c1cccc2ccccc12. The number of halogens is 1. The second-order valence-corrected chi connectivity index (χ2v) is 10.7. The summed E-state index contributed by atoms with van der Waals surface area (Å²) in [6.45, 7) is 4.33. The zero-order valence-electron chi connectivity index (χ0n) is 21.3. The number of aryl methyl sites for hydroxylation is 1. The highest BCUT2D eigenvalue weighted by atomic mass is 79.9. The third kappa shape index (κ3) is 5.62. The smallest absolute Gasteiger partial charge is 0.344 e. The first-order chi connectivity index (χ1) is 18.9. The molecular weight excluding hydrogens is 578 g/mol. The molecule has 1 heterocycles. The molecule has 0 spiro atoms. The molecular formula is C31H24BrNO5S. The van der Waals surface area contributed by atoms with Gasteiger partial charge in [0.2, 0.25) is 0 Å². The maximum atomic E-state index is 13.2. The Hall–Kier alpha value is -3.88. The number of amides is 2. The van der Waals surface area contributed by atoms with Gasteiger partial charge in [-0.1, -0.05) is 60.7 Å². The van der Waals surface area contributed by atoms with Gasteiger partial charge in [-0.25, -0.2) is 4.79 Å². The Morgan fingerprint density at radius 3 is 2.54 bits per heavy atom. The van der Waals surface area contributed by atoms with Crippen LogP contribution in [0.4, 0.5) is 4.79 Å². The third-order valence-corrected chi connectivity index (χ3v) is 7.79. The van der Waals surface area contributed by atoms with Crippen molar-refractivity contribution in [3.05, 3.63) is 110 Å². The minimum Gasteiger partial charge on any atom is -0.490 e. The number of thioether (sulfide) groups is 1. The fourth-order valence-electron chi connectivity index (χ4n) is 4.33. The molecule has 4 aromatic carbocycles. The molecule has 0 aliphatic carbocycles. The van der Waals surface area contributed by atoms with Crippen LogP contribution in [0.2, 0.25) is 0 Å². The highest BCUT2D eigenvalue weighted by Gasteiger charge is 2.35. The minimum absolute atomic E-state index is 0.214. The second-order valence-electron chi connectivity index (χ2n) is 8.87. The van der Waals surface area contributed by atoms with Gasteiger partial charge in [-0.05, 0) is 93.3 Å².